The van der Waals surface area contributed by atoms with Gasteiger partial charge in [-0.3, -0.25) is 19.2 Å². The highest BCUT2D eigenvalue weighted by molar-refractivity contribution is 5.95. The molecule has 0 aliphatic carbocycles. The van der Waals surface area contributed by atoms with Crippen LogP contribution in [-0.4, -0.2) is 57.9 Å². The molecule has 1 heterocycles. The molecule has 0 spiro atoms. The molecule has 7 N–H and O–H groups in total. The van der Waals surface area contributed by atoms with Crippen LogP contribution < -0.4 is 21.7 Å². The average molecular weight is 536 g/mol. The third-order valence-corrected chi connectivity index (χ3v) is 6.94. The van der Waals surface area contributed by atoms with Crippen LogP contribution in [0, 0.1) is 5.92 Å². The number of aromatic nitrogens is 1. The van der Waals surface area contributed by atoms with Crippen molar-refractivity contribution < 1.29 is 24.3 Å². The van der Waals surface area contributed by atoms with Crippen LogP contribution in [0.25, 0.3) is 10.9 Å². The number of carboxylic acids is 1. The van der Waals surface area contributed by atoms with E-state index in [1.807, 2.05) is 68.4 Å². The van der Waals surface area contributed by atoms with E-state index in [2.05, 4.69) is 20.9 Å². The van der Waals surface area contributed by atoms with E-state index in [0.29, 0.717) is 6.42 Å². The zero-order valence-corrected chi connectivity index (χ0v) is 22.4. The van der Waals surface area contributed by atoms with Crippen molar-refractivity contribution in [2.24, 2.45) is 11.7 Å². The van der Waals surface area contributed by atoms with E-state index < -0.39 is 47.9 Å². The van der Waals surface area contributed by atoms with Gasteiger partial charge in [0.1, 0.15) is 18.1 Å². The number of hydrogen-bond acceptors (Lipinski definition) is 5. The fourth-order valence-electron chi connectivity index (χ4n) is 4.22. The molecule has 10 nitrogen and oxygen atoms in total. The summed E-state index contributed by atoms with van der Waals surface area (Å²) in [6.07, 6.45) is 2.76. The molecule has 10 heteroatoms. The molecular weight excluding hydrogens is 498 g/mol. The largest absolute Gasteiger partial charge is 0.480 e. The first kappa shape index (κ1) is 29.4. The number of hydrogen-bond donors (Lipinski definition) is 6. The van der Waals surface area contributed by atoms with Gasteiger partial charge < -0.3 is 31.8 Å². The number of H-pyrrole nitrogens is 1. The van der Waals surface area contributed by atoms with E-state index in [1.165, 1.54) is 6.92 Å². The molecule has 5 unspecified atom stereocenters. The highest BCUT2D eigenvalue weighted by Crippen LogP contribution is 2.19. The second-order valence-electron chi connectivity index (χ2n) is 9.86. The van der Waals surface area contributed by atoms with E-state index in [0.717, 1.165) is 22.0 Å². The highest BCUT2D eigenvalue weighted by atomic mass is 16.4. The van der Waals surface area contributed by atoms with Gasteiger partial charge in [-0.05, 0) is 30.0 Å². The van der Waals surface area contributed by atoms with Crippen LogP contribution in [0.3, 0.4) is 0 Å². The molecule has 3 amide bonds. The maximum Gasteiger partial charge on any atom is 0.325 e. The third-order valence-electron chi connectivity index (χ3n) is 6.94. The Balaban J connectivity index is 1.88. The maximum atomic E-state index is 13.7. The number of carbonyl (C=O) groups is 4. The molecule has 0 bridgehead atoms. The Morgan fingerprint density at radius 2 is 1.44 bits per heavy atom. The highest BCUT2D eigenvalue weighted by Gasteiger charge is 2.31. The minimum Gasteiger partial charge on any atom is -0.480 e. The summed E-state index contributed by atoms with van der Waals surface area (Å²) in [4.78, 5) is 54.2. The minimum absolute atomic E-state index is 0.101. The lowest BCUT2D eigenvalue weighted by atomic mass is 9.98. The predicted octanol–water partition coefficient (Wildman–Crippen LogP) is 1.89. The molecular formula is C29H37N5O5. The second kappa shape index (κ2) is 13.6. The van der Waals surface area contributed by atoms with Crippen molar-refractivity contribution in [3.05, 3.63) is 71.9 Å². The number of carboxylic acid groups (broad SMARTS) is 1. The van der Waals surface area contributed by atoms with Gasteiger partial charge in [-0.1, -0.05) is 68.8 Å². The van der Waals surface area contributed by atoms with Gasteiger partial charge in [-0.15, -0.1) is 0 Å². The van der Waals surface area contributed by atoms with Crippen LogP contribution in [0.1, 0.15) is 38.3 Å². The number of aromatic amines is 1. The summed E-state index contributed by atoms with van der Waals surface area (Å²) < 4.78 is 0. The van der Waals surface area contributed by atoms with E-state index >= 15 is 0 Å². The molecule has 0 aliphatic heterocycles. The zero-order chi connectivity index (χ0) is 28.5. The first-order valence-corrected chi connectivity index (χ1v) is 13.1. The van der Waals surface area contributed by atoms with E-state index in [1.54, 1.807) is 6.20 Å². The van der Waals surface area contributed by atoms with Crippen LogP contribution in [0.5, 0.6) is 0 Å². The SMILES string of the molecule is CCC(C)C(N)C(=O)NC(Cc1c[nH]c2ccccc12)C(=O)NC(Cc1ccccc1)C(=O)NC(C)C(=O)O. The molecule has 0 radical (unpaired) electrons. The maximum absolute atomic E-state index is 13.7. The van der Waals surface area contributed by atoms with Gasteiger partial charge in [0, 0.05) is 29.9 Å². The van der Waals surface area contributed by atoms with Gasteiger partial charge in [-0.2, -0.15) is 0 Å². The second-order valence-corrected chi connectivity index (χ2v) is 9.86. The lowest BCUT2D eigenvalue weighted by Gasteiger charge is -2.26. The number of benzene rings is 2. The van der Waals surface area contributed by atoms with Gasteiger partial charge in [0.15, 0.2) is 0 Å². The van der Waals surface area contributed by atoms with Crippen molar-refractivity contribution in [1.82, 2.24) is 20.9 Å². The Labute approximate surface area is 227 Å². The first-order chi connectivity index (χ1) is 18.6. The molecule has 0 saturated carbocycles. The molecule has 0 fully saturated rings. The molecule has 0 aliphatic rings. The first-order valence-electron chi connectivity index (χ1n) is 13.1. The van der Waals surface area contributed by atoms with Crippen molar-refractivity contribution in [2.45, 2.75) is 64.2 Å². The van der Waals surface area contributed by atoms with Crippen LogP contribution in [0.2, 0.25) is 0 Å². The number of nitrogens with one attached hydrogen (secondary N) is 4. The molecule has 3 rings (SSSR count). The van der Waals surface area contributed by atoms with E-state index in [9.17, 15) is 24.3 Å². The Kier molecular flexibility index (Phi) is 10.2. The molecule has 1 aromatic heterocycles. The van der Waals surface area contributed by atoms with Crippen molar-refractivity contribution in [1.29, 1.82) is 0 Å². The molecule has 208 valence electrons. The Morgan fingerprint density at radius 1 is 0.846 bits per heavy atom. The minimum atomic E-state index is -1.20. The van der Waals surface area contributed by atoms with Gasteiger partial charge in [-0.25, -0.2) is 0 Å². The van der Waals surface area contributed by atoms with Crippen LogP contribution in [-0.2, 0) is 32.0 Å². The summed E-state index contributed by atoms with van der Waals surface area (Å²) in [6.45, 7) is 5.14. The predicted molar refractivity (Wildman–Crippen MR) is 149 cm³/mol. The zero-order valence-electron chi connectivity index (χ0n) is 22.4. The van der Waals surface area contributed by atoms with Crippen molar-refractivity contribution >= 4 is 34.6 Å². The Bertz CT molecular complexity index is 1290. The van der Waals surface area contributed by atoms with Crippen molar-refractivity contribution in [3.63, 3.8) is 0 Å². The molecule has 2 aromatic carbocycles. The third kappa shape index (κ3) is 7.90. The Morgan fingerprint density at radius 3 is 2.10 bits per heavy atom. The number of para-hydroxylation sites is 1. The normalized spacial score (nSPS) is 15.0. The van der Waals surface area contributed by atoms with E-state index in [-0.39, 0.29) is 18.8 Å². The molecule has 39 heavy (non-hydrogen) atoms. The summed E-state index contributed by atoms with van der Waals surface area (Å²) in [5, 5.41) is 18.1. The number of nitrogens with two attached hydrogens (primary N) is 1. The number of rotatable bonds is 13. The summed E-state index contributed by atoms with van der Waals surface area (Å²) in [6, 6.07) is 12.6. The summed E-state index contributed by atoms with van der Waals surface area (Å²) >= 11 is 0. The lowest BCUT2D eigenvalue weighted by molar-refractivity contribution is -0.141. The summed E-state index contributed by atoms with van der Waals surface area (Å²) in [5.41, 5.74) is 8.62. The Hall–Kier alpha value is -4.18. The average Bonchev–Trinajstić information content (AvgIpc) is 3.34. The molecule has 0 saturated heterocycles. The number of carbonyl (C=O) groups excluding carboxylic acids is 3. The van der Waals surface area contributed by atoms with Crippen molar-refractivity contribution in [3.8, 4) is 0 Å². The van der Waals surface area contributed by atoms with Crippen molar-refractivity contribution in [2.75, 3.05) is 0 Å². The van der Waals surface area contributed by atoms with Gasteiger partial charge in [0.25, 0.3) is 0 Å². The fourth-order valence-corrected chi connectivity index (χ4v) is 4.22. The number of amides is 3. The topological polar surface area (TPSA) is 166 Å². The smallest absolute Gasteiger partial charge is 0.325 e. The van der Waals surface area contributed by atoms with Gasteiger partial charge in [0.2, 0.25) is 17.7 Å². The van der Waals surface area contributed by atoms with Crippen LogP contribution in [0.4, 0.5) is 0 Å². The molecule has 3 aromatic rings. The monoisotopic (exact) mass is 535 g/mol. The summed E-state index contributed by atoms with van der Waals surface area (Å²) in [5.74, 6) is -2.99. The van der Waals surface area contributed by atoms with Crippen LogP contribution in [0.15, 0.2) is 60.8 Å². The number of fused-ring (bicyclic) bond motifs is 1. The van der Waals surface area contributed by atoms with Gasteiger partial charge in [0.05, 0.1) is 6.04 Å². The van der Waals surface area contributed by atoms with E-state index in [4.69, 9.17) is 5.73 Å². The lowest BCUT2D eigenvalue weighted by Crippen LogP contribution is -2.58. The standard InChI is InChI=1S/C29H37N5O5/c1-4-17(2)25(30)28(37)34-24(15-20-16-31-22-13-9-8-12-21(20)22)27(36)33-23(14-19-10-6-5-7-11-19)26(35)32-18(3)29(38)39/h5-13,16-18,23-25,31H,4,14-15,30H2,1-3H3,(H,32,35)(H,33,36)(H,34,37)(H,38,39). The summed E-state index contributed by atoms with van der Waals surface area (Å²) in [7, 11) is 0. The molecule has 5 atom stereocenters. The number of aliphatic carboxylic acids is 1. The fraction of sp³-hybridized carbons (Fsp3) is 0.379. The van der Waals surface area contributed by atoms with Gasteiger partial charge >= 0.3 is 5.97 Å². The van der Waals surface area contributed by atoms with Crippen LogP contribution >= 0.6 is 0 Å². The quantitative estimate of drug-likeness (QED) is 0.195.